The summed E-state index contributed by atoms with van der Waals surface area (Å²) in [7, 11) is 1.83. The first-order chi connectivity index (χ1) is 12.0. The molecule has 0 bridgehead atoms. The number of likely N-dealkylation sites (N-methyl/N-ethyl adjacent to an activating group) is 1. The third-order valence-electron chi connectivity index (χ3n) is 4.45. The molecule has 1 N–H and O–H groups in total. The Morgan fingerprint density at radius 1 is 1.24 bits per heavy atom. The van der Waals surface area contributed by atoms with Crippen LogP contribution in [0.2, 0.25) is 0 Å². The lowest BCUT2D eigenvalue weighted by Crippen LogP contribution is -2.53. The maximum Gasteiger partial charge on any atom is 0.242 e. The number of hydrogen-bond acceptors (Lipinski definition) is 4. The van der Waals surface area contributed by atoms with Crippen LogP contribution in [0.1, 0.15) is 12.5 Å². The minimum atomic E-state index is -0.102. The van der Waals surface area contributed by atoms with Gasteiger partial charge < -0.3 is 15.1 Å². The van der Waals surface area contributed by atoms with Crippen molar-refractivity contribution in [2.24, 2.45) is 0 Å². The van der Waals surface area contributed by atoms with E-state index in [4.69, 9.17) is 0 Å². The van der Waals surface area contributed by atoms with Crippen LogP contribution in [-0.4, -0.2) is 47.9 Å². The van der Waals surface area contributed by atoms with Gasteiger partial charge in [-0.2, -0.15) is 0 Å². The topological polar surface area (TPSA) is 65.5 Å². The Labute approximate surface area is 147 Å². The van der Waals surface area contributed by atoms with Crippen molar-refractivity contribution in [2.45, 2.75) is 19.4 Å². The van der Waals surface area contributed by atoms with Crippen LogP contribution in [0.4, 0.5) is 11.5 Å². The van der Waals surface area contributed by atoms with Crippen LogP contribution in [0.25, 0.3) is 0 Å². The second-order valence-corrected chi connectivity index (χ2v) is 6.35. The number of pyridine rings is 1. The molecule has 1 aliphatic heterocycles. The van der Waals surface area contributed by atoms with Crippen molar-refractivity contribution in [3.05, 3.63) is 54.2 Å². The van der Waals surface area contributed by atoms with Crippen molar-refractivity contribution in [1.29, 1.82) is 0 Å². The fraction of sp³-hybridized carbons (Fsp3) is 0.316. The number of hydrogen-bond donors (Lipinski definition) is 1. The molecular weight excluding hydrogens is 316 g/mol. The van der Waals surface area contributed by atoms with Crippen molar-refractivity contribution >= 4 is 23.3 Å². The van der Waals surface area contributed by atoms with E-state index in [-0.39, 0.29) is 17.9 Å². The summed E-state index contributed by atoms with van der Waals surface area (Å²) in [6, 6.07) is 13.4. The van der Waals surface area contributed by atoms with Crippen LogP contribution < -0.4 is 10.2 Å². The molecule has 2 aromatic rings. The van der Waals surface area contributed by atoms with Crippen LogP contribution in [-0.2, 0) is 16.0 Å². The Bertz CT molecular complexity index is 746. The average molecular weight is 338 g/mol. The van der Waals surface area contributed by atoms with Gasteiger partial charge in [-0.15, -0.1) is 0 Å². The van der Waals surface area contributed by atoms with Gasteiger partial charge in [-0.25, -0.2) is 4.98 Å². The van der Waals surface area contributed by atoms with E-state index in [1.807, 2.05) is 55.3 Å². The minimum Gasteiger partial charge on any atom is -0.359 e. The molecule has 25 heavy (non-hydrogen) atoms. The van der Waals surface area contributed by atoms with E-state index < -0.39 is 0 Å². The average Bonchev–Trinajstić information content (AvgIpc) is 2.60. The number of amides is 2. The number of carbonyl (C=O) groups is 2. The summed E-state index contributed by atoms with van der Waals surface area (Å²) in [5.41, 5.74) is 1.84. The van der Waals surface area contributed by atoms with Crippen molar-refractivity contribution in [1.82, 2.24) is 9.88 Å². The monoisotopic (exact) mass is 338 g/mol. The van der Waals surface area contributed by atoms with Gasteiger partial charge in [-0.3, -0.25) is 9.59 Å². The minimum absolute atomic E-state index is 0.0963. The molecule has 2 heterocycles. The quantitative estimate of drug-likeness (QED) is 0.925. The summed E-state index contributed by atoms with van der Waals surface area (Å²) in [6.07, 6.45) is 2.01. The van der Waals surface area contributed by atoms with Crippen LogP contribution in [0.5, 0.6) is 0 Å². The van der Waals surface area contributed by atoms with Gasteiger partial charge in [0.15, 0.2) is 0 Å². The van der Waals surface area contributed by atoms with Gasteiger partial charge in [0.2, 0.25) is 11.8 Å². The van der Waals surface area contributed by atoms with Crippen molar-refractivity contribution in [3.8, 4) is 0 Å². The van der Waals surface area contributed by atoms with E-state index in [9.17, 15) is 9.59 Å². The van der Waals surface area contributed by atoms with Crippen LogP contribution in [0.15, 0.2) is 48.7 Å². The van der Waals surface area contributed by atoms with Gasteiger partial charge >= 0.3 is 0 Å². The lowest BCUT2D eigenvalue weighted by molar-refractivity contribution is -0.131. The van der Waals surface area contributed by atoms with Crippen LogP contribution in [0.3, 0.4) is 0 Å². The highest BCUT2D eigenvalue weighted by molar-refractivity contribution is 5.91. The summed E-state index contributed by atoms with van der Waals surface area (Å²) >= 11 is 0. The molecule has 1 atom stereocenters. The van der Waals surface area contributed by atoms with Gasteiger partial charge in [0.25, 0.3) is 0 Å². The lowest BCUT2D eigenvalue weighted by atomic mass is 10.1. The molecule has 0 spiro atoms. The Balaban J connectivity index is 1.60. The smallest absolute Gasteiger partial charge is 0.242 e. The van der Waals surface area contributed by atoms with Crippen molar-refractivity contribution in [3.63, 3.8) is 0 Å². The third-order valence-corrected chi connectivity index (χ3v) is 4.45. The standard InChI is InChI=1S/C19H22N4O2/c1-14-12-23(13-19(25)22(14)2)16-8-9-17(20-11-16)21-18(24)10-15-6-4-3-5-7-15/h3-9,11,14H,10,12-13H2,1-2H3,(H,20,21,24). The number of aromatic nitrogens is 1. The molecule has 2 amide bonds. The largest absolute Gasteiger partial charge is 0.359 e. The molecule has 1 saturated heterocycles. The maximum absolute atomic E-state index is 12.1. The number of carbonyl (C=O) groups excluding carboxylic acids is 2. The Kier molecular flexibility index (Phi) is 4.97. The second kappa shape index (κ2) is 7.34. The van der Waals surface area contributed by atoms with Crippen LogP contribution in [0, 0.1) is 0 Å². The van der Waals surface area contributed by atoms with E-state index in [1.54, 1.807) is 17.2 Å². The summed E-state index contributed by atoms with van der Waals surface area (Å²) in [5.74, 6) is 0.507. The van der Waals surface area contributed by atoms with Gasteiger partial charge in [-0.05, 0) is 24.6 Å². The molecule has 6 nitrogen and oxygen atoms in total. The molecular formula is C19H22N4O2. The lowest BCUT2D eigenvalue weighted by Gasteiger charge is -2.38. The SMILES string of the molecule is CC1CN(c2ccc(NC(=O)Cc3ccccc3)nc2)CC(=O)N1C. The number of anilines is 2. The molecule has 1 unspecified atom stereocenters. The fourth-order valence-electron chi connectivity index (χ4n) is 2.84. The van der Waals surface area contributed by atoms with Crippen molar-refractivity contribution in [2.75, 3.05) is 30.4 Å². The zero-order valence-corrected chi connectivity index (χ0v) is 14.5. The first-order valence-corrected chi connectivity index (χ1v) is 8.33. The molecule has 1 aromatic heterocycles. The molecule has 1 fully saturated rings. The summed E-state index contributed by atoms with van der Waals surface area (Å²) in [4.78, 5) is 32.1. The molecule has 0 saturated carbocycles. The zero-order chi connectivity index (χ0) is 17.8. The van der Waals surface area contributed by atoms with Gasteiger partial charge in [0.05, 0.1) is 24.8 Å². The molecule has 1 aromatic carbocycles. The van der Waals surface area contributed by atoms with E-state index in [0.717, 1.165) is 17.8 Å². The fourth-order valence-corrected chi connectivity index (χ4v) is 2.84. The van der Waals surface area contributed by atoms with Gasteiger partial charge in [0, 0.05) is 19.6 Å². The molecule has 3 rings (SSSR count). The Hall–Kier alpha value is -2.89. The van der Waals surface area contributed by atoms with E-state index in [1.165, 1.54) is 0 Å². The van der Waals surface area contributed by atoms with E-state index in [2.05, 4.69) is 10.3 Å². The maximum atomic E-state index is 12.1. The molecule has 6 heteroatoms. The van der Waals surface area contributed by atoms with Crippen LogP contribution >= 0.6 is 0 Å². The first kappa shape index (κ1) is 17.0. The normalized spacial score (nSPS) is 17.5. The number of nitrogens with zero attached hydrogens (tertiary/aromatic N) is 3. The zero-order valence-electron chi connectivity index (χ0n) is 14.5. The highest BCUT2D eigenvalue weighted by atomic mass is 16.2. The summed E-state index contributed by atoms with van der Waals surface area (Å²) in [6.45, 7) is 3.14. The molecule has 130 valence electrons. The first-order valence-electron chi connectivity index (χ1n) is 8.33. The predicted molar refractivity (Wildman–Crippen MR) is 97.5 cm³/mol. The third kappa shape index (κ3) is 4.15. The Morgan fingerprint density at radius 2 is 2.00 bits per heavy atom. The Morgan fingerprint density at radius 3 is 2.64 bits per heavy atom. The summed E-state index contributed by atoms with van der Waals surface area (Å²) < 4.78 is 0. The van der Waals surface area contributed by atoms with E-state index >= 15 is 0 Å². The highest BCUT2D eigenvalue weighted by Gasteiger charge is 2.27. The second-order valence-electron chi connectivity index (χ2n) is 6.35. The number of piperazine rings is 1. The molecule has 1 aliphatic rings. The van der Waals surface area contributed by atoms with Crippen molar-refractivity contribution < 1.29 is 9.59 Å². The van der Waals surface area contributed by atoms with E-state index in [0.29, 0.717) is 18.8 Å². The summed E-state index contributed by atoms with van der Waals surface area (Å²) in [5, 5.41) is 2.80. The molecule has 0 radical (unpaired) electrons. The number of benzene rings is 1. The highest BCUT2D eigenvalue weighted by Crippen LogP contribution is 2.19. The van der Waals surface area contributed by atoms with Gasteiger partial charge in [-0.1, -0.05) is 30.3 Å². The molecule has 0 aliphatic carbocycles. The number of rotatable bonds is 4. The predicted octanol–water partition coefficient (Wildman–Crippen LogP) is 1.93. The van der Waals surface area contributed by atoms with Gasteiger partial charge in [0.1, 0.15) is 5.82 Å². The number of nitrogens with one attached hydrogen (secondary N) is 1.